The molecule has 0 aliphatic heterocycles. The highest BCUT2D eigenvalue weighted by Gasteiger charge is 2.05. The van der Waals surface area contributed by atoms with Crippen LogP contribution < -0.4 is 5.32 Å². The van der Waals surface area contributed by atoms with Gasteiger partial charge in [-0.05, 0) is 31.2 Å². The summed E-state index contributed by atoms with van der Waals surface area (Å²) >= 11 is 5.86. The lowest BCUT2D eigenvalue weighted by Crippen LogP contribution is -2.08. The van der Waals surface area contributed by atoms with Gasteiger partial charge in [0.05, 0.1) is 17.4 Å². The van der Waals surface area contributed by atoms with E-state index in [1.54, 1.807) is 17.1 Å². The molecule has 90 valence electrons. The number of nitrogens with one attached hydrogen (secondary N) is 1. The summed E-state index contributed by atoms with van der Waals surface area (Å²) in [6.07, 6.45) is 4.27. The maximum atomic E-state index is 5.86. The molecule has 0 aliphatic rings. The second-order valence-electron chi connectivity index (χ2n) is 3.81. The molecule has 5 heteroatoms. The molecular weight excluding hydrogens is 236 g/mol. The lowest BCUT2D eigenvalue weighted by atomic mass is 10.2. The van der Waals surface area contributed by atoms with E-state index < -0.39 is 0 Å². The van der Waals surface area contributed by atoms with Gasteiger partial charge in [0.1, 0.15) is 0 Å². The Bertz CT molecular complexity index is 507. The Balaban J connectivity index is 2.42. The summed E-state index contributed by atoms with van der Waals surface area (Å²) in [6.45, 7) is 2.91. The zero-order chi connectivity index (χ0) is 12.3. The number of aryl methyl sites for hydroxylation is 1. The lowest BCUT2D eigenvalue weighted by Gasteiger charge is -2.07. The first kappa shape index (κ1) is 12.1. The molecule has 2 aromatic rings. The summed E-state index contributed by atoms with van der Waals surface area (Å²) in [6, 6.07) is 4.12. The predicted octanol–water partition coefficient (Wildman–Crippen LogP) is 2.20. The molecule has 0 bridgehead atoms. The van der Waals surface area contributed by atoms with Crippen molar-refractivity contribution in [2.24, 2.45) is 0 Å². The molecule has 1 N–H and O–H groups in total. The van der Waals surface area contributed by atoms with Crippen molar-refractivity contribution in [2.45, 2.75) is 19.9 Å². The third-order valence-electron chi connectivity index (χ3n) is 2.45. The van der Waals surface area contributed by atoms with E-state index >= 15 is 0 Å². The van der Waals surface area contributed by atoms with E-state index in [2.05, 4.69) is 28.4 Å². The minimum Gasteiger partial charge on any atom is -0.316 e. The van der Waals surface area contributed by atoms with Gasteiger partial charge in [0.2, 0.25) is 0 Å². The van der Waals surface area contributed by atoms with Crippen LogP contribution in [0.1, 0.15) is 18.2 Å². The largest absolute Gasteiger partial charge is 0.316 e. The van der Waals surface area contributed by atoms with Crippen LogP contribution in [0, 0.1) is 0 Å². The fraction of sp³-hybridized carbons (Fsp3) is 0.333. The molecule has 17 heavy (non-hydrogen) atoms. The first-order valence-corrected chi connectivity index (χ1v) is 5.95. The first-order chi connectivity index (χ1) is 8.22. The molecule has 2 heterocycles. The third kappa shape index (κ3) is 2.84. The third-order valence-corrected chi connectivity index (χ3v) is 2.65. The Hall–Kier alpha value is -1.39. The second-order valence-corrected chi connectivity index (χ2v) is 4.25. The summed E-state index contributed by atoms with van der Waals surface area (Å²) in [5.74, 6) is 0.807. The van der Waals surface area contributed by atoms with Crippen molar-refractivity contribution in [3.8, 4) is 5.82 Å². The Labute approximate surface area is 106 Å². The zero-order valence-corrected chi connectivity index (χ0v) is 10.7. The summed E-state index contributed by atoms with van der Waals surface area (Å²) in [5.41, 5.74) is 2.25. The summed E-state index contributed by atoms with van der Waals surface area (Å²) in [4.78, 5) is 4.53. The van der Waals surface area contributed by atoms with Crippen LogP contribution in [0.3, 0.4) is 0 Å². The van der Waals surface area contributed by atoms with E-state index in [0.29, 0.717) is 5.02 Å². The fourth-order valence-corrected chi connectivity index (χ4v) is 1.80. The standard InChI is InChI=1S/C12H15ClN4/c1-3-11-4-9(6-14-2)5-12(16-11)17-8-10(13)7-15-17/h4-5,7-8,14H,3,6H2,1-2H3. The highest BCUT2D eigenvalue weighted by atomic mass is 35.5. The quantitative estimate of drug-likeness (QED) is 0.905. The fourth-order valence-electron chi connectivity index (χ4n) is 1.66. The van der Waals surface area contributed by atoms with Crippen molar-refractivity contribution in [1.82, 2.24) is 20.1 Å². The lowest BCUT2D eigenvalue weighted by molar-refractivity contribution is 0.791. The van der Waals surface area contributed by atoms with E-state index in [-0.39, 0.29) is 0 Å². The highest BCUT2D eigenvalue weighted by molar-refractivity contribution is 6.30. The molecule has 2 aromatic heterocycles. The molecule has 0 spiro atoms. The molecule has 4 nitrogen and oxygen atoms in total. The predicted molar refractivity (Wildman–Crippen MR) is 68.5 cm³/mol. The zero-order valence-electron chi connectivity index (χ0n) is 9.94. The Morgan fingerprint density at radius 2 is 2.24 bits per heavy atom. The molecule has 0 saturated carbocycles. The van der Waals surface area contributed by atoms with Gasteiger partial charge < -0.3 is 5.32 Å². The van der Waals surface area contributed by atoms with Crippen LogP contribution >= 0.6 is 11.6 Å². The summed E-state index contributed by atoms with van der Waals surface area (Å²) in [5, 5.41) is 7.91. The molecule has 0 aromatic carbocycles. The number of rotatable bonds is 4. The van der Waals surface area contributed by atoms with E-state index in [1.165, 1.54) is 5.56 Å². The van der Waals surface area contributed by atoms with Crippen LogP contribution in [0.5, 0.6) is 0 Å². The normalized spacial score (nSPS) is 10.8. The van der Waals surface area contributed by atoms with Crippen molar-refractivity contribution < 1.29 is 0 Å². The highest BCUT2D eigenvalue weighted by Crippen LogP contribution is 2.13. The number of pyridine rings is 1. The second kappa shape index (κ2) is 5.29. The van der Waals surface area contributed by atoms with Crippen LogP contribution in [0.15, 0.2) is 24.5 Å². The average molecular weight is 251 g/mol. The monoisotopic (exact) mass is 250 g/mol. The minimum absolute atomic E-state index is 0.615. The number of aromatic nitrogens is 3. The molecule has 0 saturated heterocycles. The van der Waals surface area contributed by atoms with Crippen LogP contribution in [0.4, 0.5) is 0 Å². The van der Waals surface area contributed by atoms with Gasteiger partial charge in [-0.3, -0.25) is 0 Å². The van der Waals surface area contributed by atoms with E-state index in [1.807, 2.05) is 13.1 Å². The van der Waals surface area contributed by atoms with Crippen molar-refractivity contribution >= 4 is 11.6 Å². The first-order valence-electron chi connectivity index (χ1n) is 5.58. The number of halogens is 1. The van der Waals surface area contributed by atoms with Crippen molar-refractivity contribution in [3.63, 3.8) is 0 Å². The summed E-state index contributed by atoms with van der Waals surface area (Å²) < 4.78 is 1.70. The molecule has 2 rings (SSSR count). The molecular formula is C12H15ClN4. The molecule has 0 atom stereocenters. The van der Waals surface area contributed by atoms with Gasteiger partial charge in [0.15, 0.2) is 5.82 Å². The topological polar surface area (TPSA) is 42.7 Å². The molecule has 0 amide bonds. The maximum absolute atomic E-state index is 5.86. The van der Waals surface area contributed by atoms with Crippen molar-refractivity contribution in [2.75, 3.05) is 7.05 Å². The minimum atomic E-state index is 0.615. The van der Waals surface area contributed by atoms with Crippen LogP contribution in [-0.4, -0.2) is 21.8 Å². The Morgan fingerprint density at radius 1 is 1.41 bits per heavy atom. The summed E-state index contributed by atoms with van der Waals surface area (Å²) in [7, 11) is 1.93. The average Bonchev–Trinajstić information content (AvgIpc) is 2.76. The van der Waals surface area contributed by atoms with Crippen molar-refractivity contribution in [1.29, 1.82) is 0 Å². The molecule has 0 radical (unpaired) electrons. The SMILES string of the molecule is CCc1cc(CNC)cc(-n2cc(Cl)cn2)n1. The van der Waals surface area contributed by atoms with Gasteiger partial charge in [0.25, 0.3) is 0 Å². The van der Waals surface area contributed by atoms with E-state index in [4.69, 9.17) is 11.6 Å². The molecule has 0 aliphatic carbocycles. The number of nitrogens with zero attached hydrogens (tertiary/aromatic N) is 3. The molecule has 0 fully saturated rings. The van der Waals surface area contributed by atoms with Crippen molar-refractivity contribution in [3.05, 3.63) is 40.8 Å². The van der Waals surface area contributed by atoms with Gasteiger partial charge in [-0.25, -0.2) is 9.67 Å². The van der Waals surface area contributed by atoms with E-state index in [0.717, 1.165) is 24.5 Å². The number of hydrogen-bond acceptors (Lipinski definition) is 3. The molecule has 0 unspecified atom stereocenters. The Morgan fingerprint density at radius 3 is 2.82 bits per heavy atom. The van der Waals surface area contributed by atoms with Crippen LogP contribution in [-0.2, 0) is 13.0 Å². The van der Waals surface area contributed by atoms with Gasteiger partial charge in [-0.1, -0.05) is 18.5 Å². The van der Waals surface area contributed by atoms with Gasteiger partial charge in [0, 0.05) is 12.2 Å². The van der Waals surface area contributed by atoms with Gasteiger partial charge in [-0.2, -0.15) is 5.10 Å². The van der Waals surface area contributed by atoms with Gasteiger partial charge >= 0.3 is 0 Å². The maximum Gasteiger partial charge on any atom is 0.153 e. The van der Waals surface area contributed by atoms with E-state index in [9.17, 15) is 0 Å². The van der Waals surface area contributed by atoms with Crippen LogP contribution in [0.25, 0.3) is 5.82 Å². The number of hydrogen-bond donors (Lipinski definition) is 1. The Kier molecular flexibility index (Phi) is 3.76. The smallest absolute Gasteiger partial charge is 0.153 e. The van der Waals surface area contributed by atoms with Gasteiger partial charge in [-0.15, -0.1) is 0 Å². The van der Waals surface area contributed by atoms with Crippen LogP contribution in [0.2, 0.25) is 5.02 Å².